The molecule has 5 N–H and O–H groups in total. The van der Waals surface area contributed by atoms with Gasteiger partial charge in [-0.15, -0.1) is 0 Å². The molecule has 5 nitrogen and oxygen atoms in total. The second kappa shape index (κ2) is 9.15. The van der Waals surface area contributed by atoms with Crippen LogP contribution in [-0.4, -0.2) is 11.8 Å². The van der Waals surface area contributed by atoms with Crippen LogP contribution in [0.5, 0.6) is 0 Å². The molecule has 2 aromatic carbocycles. The van der Waals surface area contributed by atoms with E-state index in [4.69, 9.17) is 28.9 Å². The SMILES string of the molecule is CC(N)=O.CC(Nc1cc(Cl)cc(Cl)c1)c1ccc(C(N)=O)cc1. The third kappa shape index (κ3) is 6.89. The summed E-state index contributed by atoms with van der Waals surface area (Å²) in [6.45, 7) is 3.31. The van der Waals surface area contributed by atoms with Crippen LogP contribution in [0.3, 0.4) is 0 Å². The Hall–Kier alpha value is -2.24. The van der Waals surface area contributed by atoms with Gasteiger partial charge in [-0.3, -0.25) is 9.59 Å². The van der Waals surface area contributed by atoms with E-state index in [2.05, 4.69) is 11.1 Å². The van der Waals surface area contributed by atoms with Crippen molar-refractivity contribution in [3.8, 4) is 0 Å². The van der Waals surface area contributed by atoms with Crippen molar-refractivity contribution < 1.29 is 9.59 Å². The maximum atomic E-state index is 11.0. The van der Waals surface area contributed by atoms with Gasteiger partial charge in [0, 0.05) is 34.3 Å². The van der Waals surface area contributed by atoms with Gasteiger partial charge in [0.1, 0.15) is 0 Å². The Morgan fingerprint density at radius 1 is 1.00 bits per heavy atom. The molecule has 0 fully saturated rings. The molecule has 0 spiro atoms. The molecule has 2 rings (SSSR count). The van der Waals surface area contributed by atoms with Crippen LogP contribution in [0.15, 0.2) is 42.5 Å². The lowest BCUT2D eigenvalue weighted by Gasteiger charge is -2.16. The van der Waals surface area contributed by atoms with Gasteiger partial charge in [0.15, 0.2) is 0 Å². The molecular weight excluding hydrogens is 349 g/mol. The number of carbonyl (C=O) groups is 2. The molecule has 0 aliphatic heterocycles. The second-order valence-corrected chi connectivity index (χ2v) is 5.99. The minimum Gasteiger partial charge on any atom is -0.378 e. The Kier molecular flexibility index (Phi) is 7.55. The molecule has 2 aromatic rings. The van der Waals surface area contributed by atoms with Crippen LogP contribution in [0.25, 0.3) is 0 Å². The Bertz CT molecular complexity index is 694. The van der Waals surface area contributed by atoms with Crippen molar-refractivity contribution in [3.05, 3.63) is 63.6 Å². The van der Waals surface area contributed by atoms with Crippen LogP contribution >= 0.6 is 23.2 Å². The lowest BCUT2D eigenvalue weighted by Crippen LogP contribution is -2.11. The number of amides is 2. The Balaban J connectivity index is 0.000000648. The summed E-state index contributed by atoms with van der Waals surface area (Å²) in [5.41, 5.74) is 12.1. The van der Waals surface area contributed by atoms with Crippen LogP contribution in [0.1, 0.15) is 35.8 Å². The fraction of sp³-hybridized carbons (Fsp3) is 0.176. The summed E-state index contributed by atoms with van der Waals surface area (Å²) in [6.07, 6.45) is 0. The molecule has 0 bridgehead atoms. The summed E-state index contributed by atoms with van der Waals surface area (Å²) in [7, 11) is 0. The minimum absolute atomic E-state index is 0.0476. The number of halogens is 2. The van der Waals surface area contributed by atoms with E-state index in [1.807, 2.05) is 31.2 Å². The molecule has 0 radical (unpaired) electrons. The number of rotatable bonds is 4. The molecule has 0 aliphatic carbocycles. The van der Waals surface area contributed by atoms with E-state index in [0.29, 0.717) is 15.6 Å². The molecule has 0 aromatic heterocycles. The van der Waals surface area contributed by atoms with Gasteiger partial charge in [-0.25, -0.2) is 0 Å². The predicted octanol–water partition coefficient (Wildman–Crippen LogP) is 3.76. The standard InChI is InChI=1S/C15H14Cl2N2O.C2H5NO/c1-9(10-2-4-11(5-3-10)15(18)20)19-14-7-12(16)6-13(17)8-14;1-2(3)4/h2-9,19H,1H3,(H2,18,20);1H3,(H2,3,4). The van der Waals surface area contributed by atoms with E-state index in [9.17, 15) is 9.59 Å². The van der Waals surface area contributed by atoms with Crippen molar-refractivity contribution in [1.29, 1.82) is 0 Å². The number of hydrogen-bond donors (Lipinski definition) is 3. The highest BCUT2D eigenvalue weighted by Crippen LogP contribution is 2.26. The van der Waals surface area contributed by atoms with E-state index in [0.717, 1.165) is 11.3 Å². The monoisotopic (exact) mass is 367 g/mol. The maximum Gasteiger partial charge on any atom is 0.248 e. The number of nitrogens with one attached hydrogen (secondary N) is 1. The smallest absolute Gasteiger partial charge is 0.248 e. The fourth-order valence-corrected chi connectivity index (χ4v) is 2.43. The highest BCUT2D eigenvalue weighted by molar-refractivity contribution is 6.35. The highest BCUT2D eigenvalue weighted by atomic mass is 35.5. The number of benzene rings is 2. The van der Waals surface area contributed by atoms with Crippen molar-refractivity contribution in [2.45, 2.75) is 19.9 Å². The number of nitrogens with two attached hydrogens (primary N) is 2. The number of carbonyl (C=O) groups excluding carboxylic acids is 2. The van der Waals surface area contributed by atoms with E-state index in [1.54, 1.807) is 18.2 Å². The van der Waals surface area contributed by atoms with Crippen LogP contribution < -0.4 is 16.8 Å². The van der Waals surface area contributed by atoms with E-state index in [-0.39, 0.29) is 11.9 Å². The number of hydrogen-bond acceptors (Lipinski definition) is 3. The normalized spacial score (nSPS) is 11.0. The van der Waals surface area contributed by atoms with Crippen LogP contribution in [-0.2, 0) is 4.79 Å². The molecule has 24 heavy (non-hydrogen) atoms. The van der Waals surface area contributed by atoms with Crippen LogP contribution in [0.2, 0.25) is 10.0 Å². The van der Waals surface area contributed by atoms with Crippen molar-refractivity contribution in [1.82, 2.24) is 0 Å². The van der Waals surface area contributed by atoms with E-state index >= 15 is 0 Å². The Morgan fingerprint density at radius 2 is 1.46 bits per heavy atom. The average molecular weight is 368 g/mol. The molecule has 1 atom stereocenters. The Morgan fingerprint density at radius 3 is 1.88 bits per heavy atom. The van der Waals surface area contributed by atoms with Gasteiger partial charge in [0.2, 0.25) is 11.8 Å². The van der Waals surface area contributed by atoms with Gasteiger partial charge in [-0.05, 0) is 42.8 Å². The second-order valence-electron chi connectivity index (χ2n) is 5.12. The number of primary amides is 2. The summed E-state index contributed by atoms with van der Waals surface area (Å²) in [5.74, 6) is -0.765. The molecule has 7 heteroatoms. The molecule has 0 heterocycles. The van der Waals surface area contributed by atoms with Gasteiger partial charge in [-0.1, -0.05) is 35.3 Å². The first-order valence-corrected chi connectivity index (χ1v) is 7.83. The largest absolute Gasteiger partial charge is 0.378 e. The molecule has 128 valence electrons. The topological polar surface area (TPSA) is 98.2 Å². The van der Waals surface area contributed by atoms with Crippen molar-refractivity contribution in [3.63, 3.8) is 0 Å². The van der Waals surface area contributed by atoms with Gasteiger partial charge >= 0.3 is 0 Å². The average Bonchev–Trinajstić information content (AvgIpc) is 2.45. The van der Waals surface area contributed by atoms with Crippen molar-refractivity contribution >= 4 is 40.7 Å². The fourth-order valence-electron chi connectivity index (χ4n) is 1.91. The maximum absolute atomic E-state index is 11.0. The summed E-state index contributed by atoms with van der Waals surface area (Å²) < 4.78 is 0. The number of anilines is 1. The molecule has 0 saturated heterocycles. The van der Waals surface area contributed by atoms with E-state index < -0.39 is 5.91 Å². The molecular formula is C17H19Cl2N3O2. The minimum atomic E-state index is -0.432. The quantitative estimate of drug-likeness (QED) is 0.766. The van der Waals surface area contributed by atoms with Gasteiger partial charge in [0.25, 0.3) is 0 Å². The summed E-state index contributed by atoms with van der Waals surface area (Å²) in [6, 6.07) is 12.5. The molecule has 2 amide bonds. The van der Waals surface area contributed by atoms with Gasteiger partial charge < -0.3 is 16.8 Å². The zero-order chi connectivity index (χ0) is 18.3. The van der Waals surface area contributed by atoms with Crippen LogP contribution in [0, 0.1) is 0 Å². The van der Waals surface area contributed by atoms with Crippen molar-refractivity contribution in [2.24, 2.45) is 11.5 Å². The van der Waals surface area contributed by atoms with Crippen LogP contribution in [0.4, 0.5) is 5.69 Å². The van der Waals surface area contributed by atoms with Crippen molar-refractivity contribution in [2.75, 3.05) is 5.32 Å². The molecule has 1 unspecified atom stereocenters. The van der Waals surface area contributed by atoms with Gasteiger partial charge in [-0.2, -0.15) is 0 Å². The summed E-state index contributed by atoms with van der Waals surface area (Å²) in [4.78, 5) is 20.2. The highest BCUT2D eigenvalue weighted by Gasteiger charge is 2.08. The summed E-state index contributed by atoms with van der Waals surface area (Å²) >= 11 is 11.9. The third-order valence-corrected chi connectivity index (χ3v) is 3.38. The molecule has 0 saturated carbocycles. The Labute approximate surface area is 150 Å². The van der Waals surface area contributed by atoms with E-state index in [1.165, 1.54) is 6.92 Å². The first kappa shape index (κ1) is 19.8. The zero-order valence-electron chi connectivity index (χ0n) is 13.3. The lowest BCUT2D eigenvalue weighted by atomic mass is 10.1. The lowest BCUT2D eigenvalue weighted by molar-refractivity contribution is -0.115. The van der Waals surface area contributed by atoms with Gasteiger partial charge in [0.05, 0.1) is 0 Å². The zero-order valence-corrected chi connectivity index (χ0v) is 14.9. The predicted molar refractivity (Wildman–Crippen MR) is 98.3 cm³/mol. The first-order valence-electron chi connectivity index (χ1n) is 7.07. The molecule has 0 aliphatic rings. The summed E-state index contributed by atoms with van der Waals surface area (Å²) in [5, 5.41) is 4.46. The first-order chi connectivity index (χ1) is 11.2. The third-order valence-electron chi connectivity index (χ3n) is 2.94.